The van der Waals surface area contributed by atoms with Gasteiger partial charge >= 0.3 is 6.18 Å². The van der Waals surface area contributed by atoms with Crippen LogP contribution in [0.15, 0.2) is 33.5 Å². The Morgan fingerprint density at radius 1 is 1.10 bits per heavy atom. The lowest BCUT2D eigenvalue weighted by atomic mass is 9.99. The highest BCUT2D eigenvalue weighted by atomic mass is 79.9. The molecule has 2 aliphatic heterocycles. The summed E-state index contributed by atoms with van der Waals surface area (Å²) in [5.41, 5.74) is 7.95. The van der Waals surface area contributed by atoms with Gasteiger partial charge in [-0.15, -0.1) is 0 Å². The van der Waals surface area contributed by atoms with Crippen molar-refractivity contribution in [3.8, 4) is 0 Å². The molecule has 3 fully saturated rings. The first-order valence-corrected chi connectivity index (χ1v) is 13.6. The molecule has 1 atom stereocenters. The highest BCUT2D eigenvalue weighted by Crippen LogP contribution is 2.54. The quantitative estimate of drug-likeness (QED) is 0.448. The molecule has 2 saturated heterocycles. The van der Waals surface area contributed by atoms with Gasteiger partial charge in [-0.2, -0.15) is 13.2 Å². The number of nitrogens with zero attached hydrogens (tertiary/aromatic N) is 3. The van der Waals surface area contributed by atoms with Crippen molar-refractivity contribution in [2.75, 3.05) is 56.9 Å². The number of carbonyl (C=O) groups is 2. The Morgan fingerprint density at radius 2 is 1.79 bits per heavy atom. The number of rotatable bonds is 5. The third kappa shape index (κ3) is 5.93. The van der Waals surface area contributed by atoms with Crippen molar-refractivity contribution in [3.63, 3.8) is 0 Å². The molecule has 3 heterocycles. The molecule has 9 nitrogen and oxygen atoms in total. The number of nitrogens with two attached hydrogens (primary N) is 1. The third-order valence-electron chi connectivity index (χ3n) is 7.80. The van der Waals surface area contributed by atoms with Gasteiger partial charge in [-0.1, -0.05) is 15.9 Å². The average Bonchev–Trinajstić information content (AvgIpc) is 3.53. The standard InChI is InChI=1S/C26H30BrF3N6O3/c1-15-8-16(9-21(37)32-15)23(38)36-12-20(25(13-36)2-3-25)33-22-18(10-17(27)11-19(22)31)24(39)35-6-4-34(5-7-35)14-26(28,29)30/h8-11,20,33H,2-7,12-14,31H2,1H3,(H,32,37)/t20-/m0/s1. The van der Waals surface area contributed by atoms with Crippen LogP contribution in [0.5, 0.6) is 0 Å². The van der Waals surface area contributed by atoms with Crippen LogP contribution in [0, 0.1) is 12.3 Å². The zero-order chi connectivity index (χ0) is 28.1. The molecule has 0 bridgehead atoms. The van der Waals surface area contributed by atoms with Crippen molar-refractivity contribution in [3.05, 3.63) is 55.9 Å². The van der Waals surface area contributed by atoms with E-state index in [0.29, 0.717) is 45.8 Å². The zero-order valence-electron chi connectivity index (χ0n) is 21.4. The molecule has 13 heteroatoms. The van der Waals surface area contributed by atoms with Gasteiger partial charge in [0.25, 0.3) is 11.8 Å². The van der Waals surface area contributed by atoms with Gasteiger partial charge in [0.05, 0.1) is 29.5 Å². The average molecular weight is 611 g/mol. The summed E-state index contributed by atoms with van der Waals surface area (Å²) in [5, 5.41) is 3.46. The molecule has 1 saturated carbocycles. The van der Waals surface area contributed by atoms with Crippen LogP contribution in [0.2, 0.25) is 0 Å². The number of likely N-dealkylation sites (tertiary alicyclic amines) is 1. The normalized spacial score (nSPS) is 20.9. The largest absolute Gasteiger partial charge is 0.401 e. The lowest BCUT2D eigenvalue weighted by Gasteiger charge is -2.35. The second-order valence-electron chi connectivity index (χ2n) is 10.8. The summed E-state index contributed by atoms with van der Waals surface area (Å²) in [6.45, 7) is 2.23. The molecule has 1 aliphatic carbocycles. The Kier molecular flexibility index (Phi) is 7.17. The second kappa shape index (κ2) is 10.2. The molecule has 0 unspecified atom stereocenters. The molecule has 3 aliphatic rings. The monoisotopic (exact) mass is 610 g/mol. The topological polar surface area (TPSA) is 115 Å². The number of hydrogen-bond donors (Lipinski definition) is 3. The van der Waals surface area contributed by atoms with Crippen LogP contribution in [-0.4, -0.2) is 89.5 Å². The molecule has 5 rings (SSSR count). The molecule has 210 valence electrons. The molecular weight excluding hydrogens is 581 g/mol. The Hall–Kier alpha value is -3.06. The van der Waals surface area contributed by atoms with Crippen molar-refractivity contribution >= 4 is 39.1 Å². The van der Waals surface area contributed by atoms with Crippen LogP contribution in [-0.2, 0) is 0 Å². The maximum absolute atomic E-state index is 13.6. The van der Waals surface area contributed by atoms with E-state index >= 15 is 0 Å². The molecule has 2 aromatic rings. The van der Waals surface area contributed by atoms with Gasteiger partial charge in [0.1, 0.15) is 0 Å². The summed E-state index contributed by atoms with van der Waals surface area (Å²) in [6.07, 6.45) is -2.47. The molecule has 0 radical (unpaired) electrons. The molecule has 39 heavy (non-hydrogen) atoms. The van der Waals surface area contributed by atoms with Crippen molar-refractivity contribution in [1.29, 1.82) is 0 Å². The third-order valence-corrected chi connectivity index (χ3v) is 8.26. The van der Waals surface area contributed by atoms with E-state index in [1.54, 1.807) is 34.9 Å². The number of alkyl halides is 3. The van der Waals surface area contributed by atoms with Crippen LogP contribution >= 0.6 is 15.9 Å². The number of amides is 2. The van der Waals surface area contributed by atoms with Crippen molar-refractivity contribution in [2.24, 2.45) is 5.41 Å². The predicted octanol–water partition coefficient (Wildman–Crippen LogP) is 3.06. The maximum atomic E-state index is 13.6. The van der Waals surface area contributed by atoms with E-state index in [1.165, 1.54) is 11.0 Å². The minimum Gasteiger partial charge on any atom is -0.397 e. The zero-order valence-corrected chi connectivity index (χ0v) is 23.0. The van der Waals surface area contributed by atoms with E-state index in [1.807, 2.05) is 0 Å². The minimum absolute atomic E-state index is 0.127. The van der Waals surface area contributed by atoms with Crippen molar-refractivity contribution in [1.82, 2.24) is 19.7 Å². The number of pyridine rings is 1. The molecular formula is C26H30BrF3N6O3. The van der Waals surface area contributed by atoms with Crippen LogP contribution in [0.4, 0.5) is 24.5 Å². The first-order chi connectivity index (χ1) is 18.3. The molecule has 4 N–H and O–H groups in total. The predicted molar refractivity (Wildman–Crippen MR) is 144 cm³/mol. The number of H-pyrrole nitrogens is 1. The van der Waals surface area contributed by atoms with E-state index in [2.05, 4.69) is 26.2 Å². The van der Waals surface area contributed by atoms with Gasteiger partial charge in [-0.3, -0.25) is 19.3 Å². The Bertz CT molecular complexity index is 1350. The molecule has 1 aromatic heterocycles. The van der Waals surface area contributed by atoms with Crippen LogP contribution in [0.1, 0.15) is 39.3 Å². The summed E-state index contributed by atoms with van der Waals surface area (Å²) < 4.78 is 39.0. The van der Waals surface area contributed by atoms with Crippen LogP contribution in [0.25, 0.3) is 0 Å². The number of nitrogen functional groups attached to an aromatic ring is 1. The first-order valence-electron chi connectivity index (χ1n) is 12.8. The lowest BCUT2D eigenvalue weighted by Crippen LogP contribution is -2.51. The number of benzene rings is 1. The number of piperazine rings is 1. The fourth-order valence-electron chi connectivity index (χ4n) is 5.64. The van der Waals surface area contributed by atoms with Gasteiger partial charge in [0.15, 0.2) is 0 Å². The van der Waals surface area contributed by atoms with E-state index in [0.717, 1.165) is 12.8 Å². The second-order valence-corrected chi connectivity index (χ2v) is 11.7. The fourth-order valence-corrected chi connectivity index (χ4v) is 6.12. The summed E-state index contributed by atoms with van der Waals surface area (Å²) in [5.74, 6) is -0.538. The van der Waals surface area contributed by atoms with Crippen molar-refractivity contribution in [2.45, 2.75) is 32.0 Å². The van der Waals surface area contributed by atoms with Crippen LogP contribution < -0.4 is 16.6 Å². The van der Waals surface area contributed by atoms with Gasteiger partial charge in [-0.25, -0.2) is 0 Å². The number of aryl methyl sites for hydroxylation is 1. The van der Waals surface area contributed by atoms with Crippen LogP contribution in [0.3, 0.4) is 0 Å². The lowest BCUT2D eigenvalue weighted by molar-refractivity contribution is -0.148. The van der Waals surface area contributed by atoms with E-state index in [-0.39, 0.29) is 55.0 Å². The fraction of sp³-hybridized carbons (Fsp3) is 0.500. The summed E-state index contributed by atoms with van der Waals surface area (Å²) >= 11 is 3.40. The molecule has 2 amide bonds. The number of aromatic amines is 1. The summed E-state index contributed by atoms with van der Waals surface area (Å²) in [6, 6.07) is 6.15. The first kappa shape index (κ1) is 27.5. The number of halogens is 4. The summed E-state index contributed by atoms with van der Waals surface area (Å²) in [7, 11) is 0. The van der Waals surface area contributed by atoms with Gasteiger partial charge in [0, 0.05) is 66.5 Å². The molecule has 1 spiro atoms. The van der Waals surface area contributed by atoms with Crippen molar-refractivity contribution < 1.29 is 22.8 Å². The van der Waals surface area contributed by atoms with E-state index in [4.69, 9.17) is 5.73 Å². The molecule has 1 aromatic carbocycles. The van der Waals surface area contributed by atoms with Gasteiger partial charge < -0.3 is 25.8 Å². The number of nitrogens with one attached hydrogen (secondary N) is 2. The summed E-state index contributed by atoms with van der Waals surface area (Å²) in [4.78, 5) is 45.9. The highest BCUT2D eigenvalue weighted by molar-refractivity contribution is 9.10. The number of hydrogen-bond acceptors (Lipinski definition) is 6. The number of anilines is 2. The van der Waals surface area contributed by atoms with Gasteiger partial charge in [0.2, 0.25) is 5.56 Å². The Labute approximate surface area is 231 Å². The number of carbonyl (C=O) groups excluding carboxylic acids is 2. The smallest absolute Gasteiger partial charge is 0.397 e. The Morgan fingerprint density at radius 3 is 2.41 bits per heavy atom. The SMILES string of the molecule is Cc1cc(C(=O)N2C[C@H](Nc3c(N)cc(Br)cc3C(=O)N3CCN(CC(F)(F)F)CC3)C3(CC3)C2)cc(=O)[nH]1. The minimum atomic E-state index is -4.29. The highest BCUT2D eigenvalue weighted by Gasteiger charge is 2.56. The van der Waals surface area contributed by atoms with E-state index in [9.17, 15) is 27.6 Å². The Balaban J connectivity index is 1.34. The van der Waals surface area contributed by atoms with Gasteiger partial charge in [-0.05, 0) is 38.0 Å². The number of aromatic nitrogens is 1. The van der Waals surface area contributed by atoms with E-state index < -0.39 is 12.7 Å². The maximum Gasteiger partial charge on any atom is 0.401 e.